The van der Waals surface area contributed by atoms with Crippen LogP contribution in [-0.4, -0.2) is 24.8 Å². The first-order valence-corrected chi connectivity index (χ1v) is 19.0. The van der Waals surface area contributed by atoms with Crippen LogP contribution in [0.4, 0.5) is 5.69 Å². The third kappa shape index (κ3) is 7.25. The van der Waals surface area contributed by atoms with Crippen molar-refractivity contribution in [1.82, 2.24) is 9.29 Å². The maximum Gasteiger partial charge on any atom is 0.264 e. The van der Waals surface area contributed by atoms with Crippen LogP contribution >= 0.6 is 23.4 Å². The molecule has 7 nitrogen and oxygen atoms in total. The van der Waals surface area contributed by atoms with Gasteiger partial charge < -0.3 is 9.88 Å². The van der Waals surface area contributed by atoms with E-state index in [2.05, 4.69) is 44.9 Å². The lowest BCUT2D eigenvalue weighted by Crippen LogP contribution is -2.30. The summed E-state index contributed by atoms with van der Waals surface area (Å²) in [4.78, 5) is 26.9. The van der Waals surface area contributed by atoms with Crippen LogP contribution in [0.1, 0.15) is 47.3 Å². The predicted molar refractivity (Wildman–Crippen MR) is 198 cm³/mol. The third-order valence-electron chi connectivity index (χ3n) is 9.03. The summed E-state index contributed by atoms with van der Waals surface area (Å²) in [5, 5.41) is 6.93. The van der Waals surface area contributed by atoms with Crippen molar-refractivity contribution in [2.24, 2.45) is 5.92 Å². The Labute approximate surface area is 294 Å². The molecule has 0 bridgehead atoms. The molecule has 1 heterocycles. The van der Waals surface area contributed by atoms with Gasteiger partial charge in [-0.25, -0.2) is 13.1 Å². The van der Waals surface area contributed by atoms with E-state index in [9.17, 15) is 18.0 Å². The zero-order valence-electron chi connectivity index (χ0n) is 26.6. The Bertz CT molecular complexity index is 2280. The molecular formula is C39H34ClN3O4S2. The minimum Gasteiger partial charge on any atom is -0.338 e. The molecule has 2 amide bonds. The molecule has 7 rings (SSSR count). The second-order valence-corrected chi connectivity index (χ2v) is 15.4. The number of nitrogens with one attached hydrogen (secondary N) is 2. The predicted octanol–water partition coefficient (Wildman–Crippen LogP) is 9.04. The number of thioether (sulfide) groups is 1. The van der Waals surface area contributed by atoms with Gasteiger partial charge in [0.1, 0.15) is 0 Å². The van der Waals surface area contributed by atoms with E-state index in [4.69, 9.17) is 11.6 Å². The molecule has 0 aliphatic heterocycles. The molecule has 1 aliphatic carbocycles. The highest BCUT2D eigenvalue weighted by molar-refractivity contribution is 7.98. The number of benzene rings is 5. The Balaban J connectivity index is 1.16. The first-order chi connectivity index (χ1) is 23.7. The van der Waals surface area contributed by atoms with Crippen molar-refractivity contribution in [1.29, 1.82) is 0 Å². The average molecular weight is 708 g/mol. The number of fused-ring (bicyclic) bond motifs is 2. The smallest absolute Gasteiger partial charge is 0.264 e. The molecule has 248 valence electrons. The maximum atomic E-state index is 12.9. The van der Waals surface area contributed by atoms with Gasteiger partial charge in [0.15, 0.2) is 0 Å². The molecule has 0 atom stereocenters. The Kier molecular flexibility index (Phi) is 9.49. The normalized spacial score (nSPS) is 13.6. The number of carbonyl (C=O) groups is 2. The van der Waals surface area contributed by atoms with Crippen molar-refractivity contribution >= 4 is 72.6 Å². The first-order valence-electron chi connectivity index (χ1n) is 16.2. The van der Waals surface area contributed by atoms with Gasteiger partial charge >= 0.3 is 0 Å². The monoisotopic (exact) mass is 707 g/mol. The van der Waals surface area contributed by atoms with E-state index in [-0.39, 0.29) is 22.3 Å². The molecule has 0 radical (unpaired) electrons. The number of nitrogens with zero attached hydrogens (tertiary/aromatic N) is 1. The summed E-state index contributed by atoms with van der Waals surface area (Å²) >= 11 is 8.85. The van der Waals surface area contributed by atoms with Crippen LogP contribution < -0.4 is 10.0 Å². The van der Waals surface area contributed by atoms with Crippen molar-refractivity contribution in [3.8, 4) is 0 Å². The third-order valence-corrected chi connectivity index (χ3v) is 11.8. The van der Waals surface area contributed by atoms with Crippen molar-refractivity contribution < 1.29 is 18.0 Å². The number of hydrogen-bond donors (Lipinski definition) is 2. The highest BCUT2D eigenvalue weighted by atomic mass is 35.5. The van der Waals surface area contributed by atoms with Crippen molar-refractivity contribution in [3.63, 3.8) is 0 Å². The Morgan fingerprint density at radius 2 is 1.53 bits per heavy atom. The summed E-state index contributed by atoms with van der Waals surface area (Å²) in [5.74, 6) is 0.00543. The molecule has 1 fully saturated rings. The molecule has 0 saturated heterocycles. The van der Waals surface area contributed by atoms with Crippen LogP contribution in [0, 0.1) is 5.92 Å². The summed E-state index contributed by atoms with van der Waals surface area (Å²) in [6.07, 6.45) is 4.01. The standard InChI is InChI=1S/C39H34ClN3O4S2/c40-37-34-23-31(41-38(44)28-9-5-6-10-28)19-21-35(34)43(36(37)25-48-32-20-18-27-8-4-7-11-30(27)22-32)24-26-14-16-29(17-15-26)39(45)42-49(46,47)33-12-2-1-3-13-33/h1-4,7-8,11-23,28H,5-6,9-10,24-25H2,(H,41,44)(H,42,45). The van der Waals surface area contributed by atoms with Gasteiger partial charge in [-0.1, -0.05) is 85.1 Å². The number of anilines is 1. The minimum absolute atomic E-state index is 0.0201. The molecule has 49 heavy (non-hydrogen) atoms. The molecule has 10 heteroatoms. The van der Waals surface area contributed by atoms with Gasteiger partial charge in [-0.3, -0.25) is 9.59 Å². The highest BCUT2D eigenvalue weighted by Crippen LogP contribution is 2.38. The largest absolute Gasteiger partial charge is 0.338 e. The molecule has 5 aromatic carbocycles. The molecule has 0 unspecified atom stereocenters. The van der Waals surface area contributed by atoms with Crippen molar-refractivity contribution in [2.45, 2.75) is 47.8 Å². The van der Waals surface area contributed by atoms with Gasteiger partial charge in [0.25, 0.3) is 15.9 Å². The van der Waals surface area contributed by atoms with E-state index in [1.807, 2.05) is 42.5 Å². The minimum atomic E-state index is -4.00. The molecule has 2 N–H and O–H groups in total. The number of halogens is 1. The number of rotatable bonds is 10. The number of amides is 2. The SMILES string of the molecule is O=C(NS(=O)(=O)c1ccccc1)c1ccc(Cn2c(CSc3ccc4ccccc4c3)c(Cl)c3cc(NC(=O)C4CCCC4)ccc32)cc1. The fraction of sp³-hybridized carbons (Fsp3) is 0.179. The topological polar surface area (TPSA) is 97.3 Å². The first kappa shape index (κ1) is 33.0. The molecule has 1 saturated carbocycles. The van der Waals surface area contributed by atoms with Crippen molar-refractivity contribution in [2.75, 3.05) is 5.32 Å². The zero-order valence-corrected chi connectivity index (χ0v) is 29.0. The Morgan fingerprint density at radius 1 is 0.816 bits per heavy atom. The summed E-state index contributed by atoms with van der Waals surface area (Å²) in [6.45, 7) is 0.467. The van der Waals surface area contributed by atoms with E-state index in [0.29, 0.717) is 17.3 Å². The number of sulfonamides is 1. The number of hydrogen-bond acceptors (Lipinski definition) is 5. The summed E-state index contributed by atoms with van der Waals surface area (Å²) in [6, 6.07) is 35.2. The van der Waals surface area contributed by atoms with Gasteiger partial charge in [-0.05, 0) is 83.8 Å². The zero-order chi connectivity index (χ0) is 34.0. The van der Waals surface area contributed by atoms with E-state index in [1.54, 1.807) is 42.1 Å². The van der Waals surface area contributed by atoms with Crippen LogP contribution in [0.2, 0.25) is 5.02 Å². The Morgan fingerprint density at radius 3 is 2.29 bits per heavy atom. The quantitative estimate of drug-likeness (QED) is 0.139. The lowest BCUT2D eigenvalue weighted by molar-refractivity contribution is -0.119. The van der Waals surface area contributed by atoms with Gasteiger partial charge in [0, 0.05) is 45.4 Å². The van der Waals surface area contributed by atoms with Gasteiger partial charge in [-0.15, -0.1) is 11.8 Å². The number of carbonyl (C=O) groups excluding carboxylic acids is 2. The van der Waals surface area contributed by atoms with Crippen LogP contribution in [0.5, 0.6) is 0 Å². The van der Waals surface area contributed by atoms with Gasteiger partial charge in [0.05, 0.1) is 15.4 Å². The lowest BCUT2D eigenvalue weighted by Gasteiger charge is -2.13. The van der Waals surface area contributed by atoms with Crippen LogP contribution in [0.15, 0.2) is 125 Å². The van der Waals surface area contributed by atoms with Crippen molar-refractivity contribution in [3.05, 3.63) is 137 Å². The van der Waals surface area contributed by atoms with Crippen LogP contribution in [0.3, 0.4) is 0 Å². The van der Waals surface area contributed by atoms with Gasteiger partial charge in [0.2, 0.25) is 5.91 Å². The summed E-state index contributed by atoms with van der Waals surface area (Å²) in [5.41, 5.74) is 3.72. The summed E-state index contributed by atoms with van der Waals surface area (Å²) in [7, 11) is -4.00. The number of aromatic nitrogens is 1. The van der Waals surface area contributed by atoms with E-state index >= 15 is 0 Å². The second kappa shape index (κ2) is 14.1. The summed E-state index contributed by atoms with van der Waals surface area (Å²) < 4.78 is 29.7. The molecule has 0 spiro atoms. The fourth-order valence-electron chi connectivity index (χ4n) is 6.39. The van der Waals surface area contributed by atoms with Crippen LogP contribution in [-0.2, 0) is 27.1 Å². The van der Waals surface area contributed by atoms with Crippen LogP contribution in [0.25, 0.3) is 21.7 Å². The average Bonchev–Trinajstić information content (AvgIpc) is 3.75. The Hall–Kier alpha value is -4.57. The van der Waals surface area contributed by atoms with E-state index in [1.165, 1.54) is 22.9 Å². The second-order valence-electron chi connectivity index (χ2n) is 12.3. The molecule has 1 aliphatic rings. The van der Waals surface area contributed by atoms with Gasteiger partial charge in [-0.2, -0.15) is 0 Å². The molecular weight excluding hydrogens is 674 g/mol. The molecule has 6 aromatic rings. The maximum absolute atomic E-state index is 12.9. The fourth-order valence-corrected chi connectivity index (χ4v) is 8.76. The van der Waals surface area contributed by atoms with E-state index in [0.717, 1.165) is 58.4 Å². The highest BCUT2D eigenvalue weighted by Gasteiger charge is 2.24. The molecule has 1 aromatic heterocycles. The lowest BCUT2D eigenvalue weighted by atomic mass is 10.1. The van der Waals surface area contributed by atoms with E-state index < -0.39 is 15.9 Å².